The summed E-state index contributed by atoms with van der Waals surface area (Å²) in [7, 11) is 0. The van der Waals surface area contributed by atoms with E-state index in [1.807, 2.05) is 31.2 Å². The molecule has 2 aromatic carbocycles. The highest BCUT2D eigenvalue weighted by Crippen LogP contribution is 2.29. The van der Waals surface area contributed by atoms with Crippen molar-refractivity contribution in [1.29, 1.82) is 0 Å². The number of aromatic amines is 1. The van der Waals surface area contributed by atoms with E-state index < -0.39 is 11.9 Å². The molecule has 2 heterocycles. The van der Waals surface area contributed by atoms with Crippen molar-refractivity contribution in [1.82, 2.24) is 26.0 Å². The predicted molar refractivity (Wildman–Crippen MR) is 119 cm³/mol. The minimum atomic E-state index is -0.478. The van der Waals surface area contributed by atoms with Crippen LogP contribution in [-0.4, -0.2) is 40.7 Å². The third-order valence-corrected chi connectivity index (χ3v) is 5.14. The highest BCUT2D eigenvalue weighted by molar-refractivity contribution is 5.90. The standard InChI is InChI=1S/C23H25FN6O2/c1-15(2)26-13-20-14-30(23(31)32-20)19-7-8-21(22(24)9-19)17-5-3-16(4-6-17)10-25-11-18-12-27-29-28-18/h3-9,12,20,25-26H,1,10-11,13-14H2,2H3,(H,27,28,29)/t20-/m0/s1. The molecule has 1 aliphatic rings. The van der Waals surface area contributed by atoms with Gasteiger partial charge in [0.25, 0.3) is 0 Å². The van der Waals surface area contributed by atoms with E-state index in [2.05, 4.69) is 32.6 Å². The third kappa shape index (κ3) is 5.12. The summed E-state index contributed by atoms with van der Waals surface area (Å²) >= 11 is 0. The molecule has 0 saturated carbocycles. The summed E-state index contributed by atoms with van der Waals surface area (Å²) in [5, 5.41) is 16.6. The molecule has 1 amide bonds. The number of carbonyl (C=O) groups is 1. The number of anilines is 1. The number of hydrogen-bond donors (Lipinski definition) is 3. The Morgan fingerprint density at radius 1 is 1.28 bits per heavy atom. The van der Waals surface area contributed by atoms with E-state index in [9.17, 15) is 9.18 Å². The number of carbonyl (C=O) groups excluding carboxylic acids is 1. The van der Waals surface area contributed by atoms with Crippen LogP contribution in [0.3, 0.4) is 0 Å². The number of hydrogen-bond acceptors (Lipinski definition) is 6. The van der Waals surface area contributed by atoms with Gasteiger partial charge in [-0.2, -0.15) is 0 Å². The lowest BCUT2D eigenvalue weighted by Gasteiger charge is -2.15. The Bertz CT molecular complexity index is 1080. The monoisotopic (exact) mass is 436 g/mol. The first-order chi connectivity index (χ1) is 15.5. The van der Waals surface area contributed by atoms with Crippen LogP contribution in [-0.2, 0) is 17.8 Å². The summed E-state index contributed by atoms with van der Waals surface area (Å²) in [6.45, 7) is 7.73. The maximum absolute atomic E-state index is 14.9. The number of nitrogens with one attached hydrogen (secondary N) is 3. The Morgan fingerprint density at radius 3 is 2.78 bits per heavy atom. The number of amides is 1. The Balaban J connectivity index is 1.38. The van der Waals surface area contributed by atoms with Gasteiger partial charge in [-0.15, -0.1) is 5.10 Å². The molecular formula is C23H25FN6O2. The number of ether oxygens (including phenoxy) is 1. The molecule has 0 aliphatic carbocycles. The van der Waals surface area contributed by atoms with Gasteiger partial charge in [-0.1, -0.05) is 36.1 Å². The molecule has 9 heteroatoms. The van der Waals surface area contributed by atoms with E-state index in [4.69, 9.17) is 4.74 Å². The van der Waals surface area contributed by atoms with Crippen molar-refractivity contribution >= 4 is 11.8 Å². The molecule has 1 atom stereocenters. The zero-order valence-corrected chi connectivity index (χ0v) is 17.8. The molecule has 3 aromatic rings. The molecule has 0 spiro atoms. The molecule has 4 rings (SSSR count). The SMILES string of the molecule is C=C(C)NC[C@H]1CN(c2ccc(-c3ccc(CNCc4cnn[nH]4)cc3)c(F)c2)C(=O)O1. The predicted octanol–water partition coefficient (Wildman–Crippen LogP) is 3.35. The number of halogens is 1. The van der Waals surface area contributed by atoms with Crippen molar-refractivity contribution in [3.05, 3.63) is 78.0 Å². The zero-order chi connectivity index (χ0) is 22.5. The molecule has 1 aromatic heterocycles. The van der Waals surface area contributed by atoms with E-state index in [-0.39, 0.29) is 6.10 Å². The van der Waals surface area contributed by atoms with E-state index in [1.165, 1.54) is 11.0 Å². The van der Waals surface area contributed by atoms with Gasteiger partial charge in [-0.25, -0.2) is 9.18 Å². The van der Waals surface area contributed by atoms with Gasteiger partial charge in [0.2, 0.25) is 0 Å². The highest BCUT2D eigenvalue weighted by atomic mass is 19.1. The maximum atomic E-state index is 14.9. The summed E-state index contributed by atoms with van der Waals surface area (Å²) in [4.78, 5) is 13.7. The largest absolute Gasteiger partial charge is 0.442 e. The van der Waals surface area contributed by atoms with Crippen LogP contribution in [0, 0.1) is 5.82 Å². The minimum absolute atomic E-state index is 0.312. The van der Waals surface area contributed by atoms with Crippen LogP contribution >= 0.6 is 0 Å². The number of aromatic nitrogens is 3. The van der Waals surface area contributed by atoms with Gasteiger partial charge in [0.1, 0.15) is 11.9 Å². The lowest BCUT2D eigenvalue weighted by molar-refractivity contribution is 0.141. The Hall–Kier alpha value is -3.72. The molecule has 0 bridgehead atoms. The molecular weight excluding hydrogens is 411 g/mol. The van der Waals surface area contributed by atoms with Crippen LogP contribution in [0.5, 0.6) is 0 Å². The second-order valence-corrected chi connectivity index (χ2v) is 7.72. The smallest absolute Gasteiger partial charge is 0.414 e. The fraction of sp³-hybridized carbons (Fsp3) is 0.261. The van der Waals surface area contributed by atoms with Crippen LogP contribution in [0.4, 0.5) is 14.9 Å². The van der Waals surface area contributed by atoms with Crippen LogP contribution in [0.2, 0.25) is 0 Å². The molecule has 3 N–H and O–H groups in total. The minimum Gasteiger partial charge on any atom is -0.442 e. The first-order valence-electron chi connectivity index (χ1n) is 10.3. The number of allylic oxidation sites excluding steroid dienone is 1. The second kappa shape index (κ2) is 9.61. The molecule has 1 aliphatic heterocycles. The van der Waals surface area contributed by atoms with Crippen molar-refractivity contribution in [3.8, 4) is 11.1 Å². The van der Waals surface area contributed by atoms with E-state index in [1.54, 1.807) is 18.3 Å². The van der Waals surface area contributed by atoms with Crippen molar-refractivity contribution in [2.75, 3.05) is 18.0 Å². The zero-order valence-electron chi connectivity index (χ0n) is 17.8. The van der Waals surface area contributed by atoms with Crippen molar-refractivity contribution < 1.29 is 13.9 Å². The molecule has 8 nitrogen and oxygen atoms in total. The number of nitrogens with zero attached hydrogens (tertiary/aromatic N) is 3. The number of rotatable bonds is 9. The molecule has 32 heavy (non-hydrogen) atoms. The quantitative estimate of drug-likeness (QED) is 0.476. The number of H-pyrrole nitrogens is 1. The van der Waals surface area contributed by atoms with Gasteiger partial charge in [-0.05, 0) is 36.2 Å². The first-order valence-corrected chi connectivity index (χ1v) is 10.3. The highest BCUT2D eigenvalue weighted by Gasteiger charge is 2.32. The summed E-state index contributed by atoms with van der Waals surface area (Å²) < 4.78 is 20.2. The van der Waals surface area contributed by atoms with Gasteiger partial charge >= 0.3 is 6.09 Å². The van der Waals surface area contributed by atoms with Gasteiger partial charge in [-0.3, -0.25) is 10.00 Å². The fourth-order valence-corrected chi connectivity index (χ4v) is 3.48. The molecule has 0 radical (unpaired) electrons. The summed E-state index contributed by atoms with van der Waals surface area (Å²) in [6.07, 6.45) is 0.880. The van der Waals surface area contributed by atoms with E-state index in [0.717, 1.165) is 22.5 Å². The van der Waals surface area contributed by atoms with Crippen molar-refractivity contribution in [2.24, 2.45) is 0 Å². The maximum Gasteiger partial charge on any atom is 0.414 e. The Kier molecular flexibility index (Phi) is 6.46. The van der Waals surface area contributed by atoms with Gasteiger partial charge in [0, 0.05) is 24.4 Å². The summed E-state index contributed by atoms with van der Waals surface area (Å²) in [5.41, 5.74) is 4.50. The van der Waals surface area contributed by atoms with Gasteiger partial charge in [0.15, 0.2) is 0 Å². The topological polar surface area (TPSA) is 95.2 Å². The molecule has 1 saturated heterocycles. The lowest BCUT2D eigenvalue weighted by Crippen LogP contribution is -2.30. The normalized spacial score (nSPS) is 15.6. The van der Waals surface area contributed by atoms with E-state index in [0.29, 0.717) is 37.4 Å². The first kappa shape index (κ1) is 21.5. The summed E-state index contributed by atoms with van der Waals surface area (Å²) in [5.74, 6) is -0.392. The molecule has 0 unspecified atom stereocenters. The average Bonchev–Trinajstić information content (AvgIpc) is 3.42. The fourth-order valence-electron chi connectivity index (χ4n) is 3.48. The molecule has 166 valence electrons. The Morgan fingerprint density at radius 2 is 2.09 bits per heavy atom. The van der Waals surface area contributed by atoms with Gasteiger partial charge in [0.05, 0.1) is 30.7 Å². The summed E-state index contributed by atoms with van der Waals surface area (Å²) in [6, 6.07) is 12.5. The third-order valence-electron chi connectivity index (χ3n) is 5.14. The second-order valence-electron chi connectivity index (χ2n) is 7.72. The lowest BCUT2D eigenvalue weighted by atomic mass is 10.0. The van der Waals surface area contributed by atoms with Crippen LogP contribution < -0.4 is 15.5 Å². The van der Waals surface area contributed by atoms with Crippen molar-refractivity contribution in [3.63, 3.8) is 0 Å². The van der Waals surface area contributed by atoms with Crippen LogP contribution in [0.15, 0.2) is 60.9 Å². The van der Waals surface area contributed by atoms with Crippen LogP contribution in [0.1, 0.15) is 18.2 Å². The molecule has 1 fully saturated rings. The van der Waals surface area contributed by atoms with Gasteiger partial charge < -0.3 is 15.4 Å². The van der Waals surface area contributed by atoms with Crippen molar-refractivity contribution in [2.45, 2.75) is 26.1 Å². The average molecular weight is 436 g/mol. The number of benzene rings is 2. The number of cyclic esters (lactones) is 1. The van der Waals surface area contributed by atoms with E-state index >= 15 is 0 Å². The Labute approximate surface area is 185 Å². The van der Waals surface area contributed by atoms with Crippen LogP contribution in [0.25, 0.3) is 11.1 Å².